The molecule has 118 valence electrons. The molecule has 1 fully saturated rings. The van der Waals surface area contributed by atoms with E-state index >= 15 is 0 Å². The predicted molar refractivity (Wildman–Crippen MR) is 74.4 cm³/mol. The monoisotopic (exact) mass is 308 g/mol. The molecular weight excluding hydrogens is 292 g/mol. The highest BCUT2D eigenvalue weighted by Gasteiger charge is 2.32. The normalized spacial score (nSPS) is 15.4. The summed E-state index contributed by atoms with van der Waals surface area (Å²) in [5, 5.41) is 2.49. The molecule has 0 radical (unpaired) electrons. The highest BCUT2D eigenvalue weighted by Crippen LogP contribution is 2.14. The van der Waals surface area contributed by atoms with Crippen molar-refractivity contribution in [3.63, 3.8) is 0 Å². The Hall–Kier alpha value is -2.64. The molecule has 1 aliphatic heterocycles. The predicted octanol–water partition coefficient (Wildman–Crippen LogP) is 0.354. The first kappa shape index (κ1) is 15.7. The van der Waals surface area contributed by atoms with Crippen LogP contribution in [0.5, 0.6) is 0 Å². The fraction of sp³-hybridized carbons (Fsp3) is 0.429. The summed E-state index contributed by atoms with van der Waals surface area (Å²) in [5.74, 6) is -1.26. The van der Waals surface area contributed by atoms with Crippen LogP contribution in [-0.4, -0.2) is 42.0 Å². The van der Waals surface area contributed by atoms with Crippen LogP contribution in [0.3, 0.4) is 0 Å². The minimum Gasteiger partial charge on any atom is -0.449 e. The van der Waals surface area contributed by atoms with Crippen LogP contribution in [0.4, 0.5) is 4.79 Å². The van der Waals surface area contributed by atoms with Crippen molar-refractivity contribution in [3.05, 3.63) is 33.4 Å². The second kappa shape index (κ2) is 6.00. The van der Waals surface area contributed by atoms with E-state index in [1.54, 1.807) is 6.92 Å². The van der Waals surface area contributed by atoms with Crippen molar-refractivity contribution in [2.24, 2.45) is 0 Å². The summed E-state index contributed by atoms with van der Waals surface area (Å²) >= 11 is 0. The first-order chi connectivity index (χ1) is 10.3. The Morgan fingerprint density at radius 2 is 2.05 bits per heavy atom. The molecule has 0 aliphatic carbocycles. The number of amides is 3. The summed E-state index contributed by atoms with van der Waals surface area (Å²) in [6, 6.07) is 0.662. The summed E-state index contributed by atoms with van der Waals surface area (Å²) in [4.78, 5) is 47.8. The number of carbonyl (C=O) groups is 3. The maximum atomic E-state index is 12.2. The number of hydrogen-bond donors (Lipinski definition) is 1. The number of nitrogens with one attached hydrogen (secondary N) is 1. The Labute approximate surface area is 126 Å². The molecule has 1 unspecified atom stereocenters. The maximum Gasteiger partial charge on any atom is 0.342 e. The van der Waals surface area contributed by atoms with Gasteiger partial charge in [0, 0.05) is 19.2 Å². The van der Waals surface area contributed by atoms with Crippen LogP contribution in [0, 0.1) is 13.8 Å². The molecule has 2 heterocycles. The number of nitrogens with zero attached hydrogens (tertiary/aromatic N) is 1. The molecule has 0 saturated carbocycles. The van der Waals surface area contributed by atoms with Gasteiger partial charge in [-0.1, -0.05) is 0 Å². The summed E-state index contributed by atoms with van der Waals surface area (Å²) in [6.07, 6.45) is -1.12. The molecule has 1 aromatic rings. The smallest absolute Gasteiger partial charge is 0.342 e. The number of ether oxygens (including phenoxy) is 1. The largest absolute Gasteiger partial charge is 0.449 e. The standard InChI is InChI=1S/C14H16N2O6/c1-7-6-10(17)21-8(2)11(7)13(19)22-9(3)12(18)16-5-4-15-14(16)20/h6,9H,4-5H2,1-3H3,(H,15,20). The highest BCUT2D eigenvalue weighted by molar-refractivity contribution is 5.99. The van der Waals surface area contributed by atoms with E-state index in [4.69, 9.17) is 9.15 Å². The zero-order valence-corrected chi connectivity index (χ0v) is 12.5. The van der Waals surface area contributed by atoms with Gasteiger partial charge in [0.1, 0.15) is 11.3 Å². The molecule has 3 amide bonds. The third kappa shape index (κ3) is 3.00. The lowest BCUT2D eigenvalue weighted by molar-refractivity contribution is -0.136. The molecule has 0 bridgehead atoms. The minimum absolute atomic E-state index is 0.102. The van der Waals surface area contributed by atoms with Crippen LogP contribution in [0.15, 0.2) is 15.3 Å². The number of carbonyl (C=O) groups excluding carboxylic acids is 3. The average Bonchev–Trinajstić information content (AvgIpc) is 2.82. The van der Waals surface area contributed by atoms with Crippen LogP contribution in [-0.2, 0) is 9.53 Å². The summed E-state index contributed by atoms with van der Waals surface area (Å²) in [5.41, 5.74) is -0.0631. The fourth-order valence-electron chi connectivity index (χ4n) is 2.23. The number of aryl methyl sites for hydroxylation is 2. The number of imide groups is 1. The van der Waals surface area contributed by atoms with Gasteiger partial charge in [-0.15, -0.1) is 0 Å². The molecule has 8 heteroatoms. The third-order valence-electron chi connectivity index (χ3n) is 3.29. The first-order valence-corrected chi connectivity index (χ1v) is 6.72. The second-order valence-corrected chi connectivity index (χ2v) is 4.95. The van der Waals surface area contributed by atoms with E-state index in [1.807, 2.05) is 0 Å². The van der Waals surface area contributed by atoms with Crippen molar-refractivity contribution in [1.29, 1.82) is 0 Å². The van der Waals surface area contributed by atoms with Crippen molar-refractivity contribution in [3.8, 4) is 0 Å². The molecular formula is C14H16N2O6. The zero-order chi connectivity index (χ0) is 16.4. The number of esters is 1. The number of rotatable bonds is 3. The molecule has 1 aromatic heterocycles. The molecule has 1 N–H and O–H groups in total. The SMILES string of the molecule is Cc1cc(=O)oc(C)c1C(=O)OC(C)C(=O)N1CCNC1=O. The van der Waals surface area contributed by atoms with Crippen LogP contribution in [0.2, 0.25) is 0 Å². The van der Waals surface area contributed by atoms with E-state index in [9.17, 15) is 19.2 Å². The fourth-order valence-corrected chi connectivity index (χ4v) is 2.23. The summed E-state index contributed by atoms with van der Waals surface area (Å²) < 4.78 is 9.94. The van der Waals surface area contributed by atoms with Gasteiger partial charge in [0.05, 0.1) is 0 Å². The van der Waals surface area contributed by atoms with Crippen molar-refractivity contribution in [2.45, 2.75) is 26.9 Å². The molecule has 22 heavy (non-hydrogen) atoms. The Balaban J connectivity index is 2.13. The quantitative estimate of drug-likeness (QED) is 0.808. The molecule has 2 rings (SSSR count). The summed E-state index contributed by atoms with van der Waals surface area (Å²) in [6.45, 7) is 5.02. The van der Waals surface area contributed by atoms with Crippen molar-refractivity contribution >= 4 is 17.9 Å². The van der Waals surface area contributed by atoms with E-state index in [-0.39, 0.29) is 17.9 Å². The van der Waals surface area contributed by atoms with Gasteiger partial charge in [0.15, 0.2) is 6.10 Å². The summed E-state index contributed by atoms with van der Waals surface area (Å²) in [7, 11) is 0. The van der Waals surface area contributed by atoms with E-state index in [1.165, 1.54) is 19.9 Å². The second-order valence-electron chi connectivity index (χ2n) is 4.95. The lowest BCUT2D eigenvalue weighted by Crippen LogP contribution is -2.42. The lowest BCUT2D eigenvalue weighted by atomic mass is 10.1. The Bertz CT molecular complexity index is 667. The Morgan fingerprint density at radius 3 is 2.59 bits per heavy atom. The van der Waals surface area contributed by atoms with Crippen LogP contribution in [0.1, 0.15) is 28.6 Å². The van der Waals surface area contributed by atoms with Gasteiger partial charge >= 0.3 is 17.6 Å². The molecule has 8 nitrogen and oxygen atoms in total. The van der Waals surface area contributed by atoms with Gasteiger partial charge in [-0.25, -0.2) is 14.4 Å². The molecule has 1 aliphatic rings. The van der Waals surface area contributed by atoms with Gasteiger partial charge in [-0.05, 0) is 26.3 Å². The number of urea groups is 1. The first-order valence-electron chi connectivity index (χ1n) is 6.72. The van der Waals surface area contributed by atoms with Gasteiger partial charge in [0.25, 0.3) is 5.91 Å². The van der Waals surface area contributed by atoms with Crippen LogP contribution < -0.4 is 10.9 Å². The molecule has 1 saturated heterocycles. The highest BCUT2D eigenvalue weighted by atomic mass is 16.5. The van der Waals surface area contributed by atoms with Gasteiger partial charge in [0.2, 0.25) is 0 Å². The van der Waals surface area contributed by atoms with Crippen molar-refractivity contribution in [2.75, 3.05) is 13.1 Å². The molecule has 1 atom stereocenters. The van der Waals surface area contributed by atoms with E-state index < -0.39 is 29.6 Å². The number of hydrogen-bond acceptors (Lipinski definition) is 6. The van der Waals surface area contributed by atoms with E-state index in [0.29, 0.717) is 12.1 Å². The molecule has 0 spiro atoms. The average molecular weight is 308 g/mol. The third-order valence-corrected chi connectivity index (χ3v) is 3.29. The zero-order valence-electron chi connectivity index (χ0n) is 12.5. The topological polar surface area (TPSA) is 106 Å². The van der Waals surface area contributed by atoms with Gasteiger partial charge < -0.3 is 14.5 Å². The van der Waals surface area contributed by atoms with Gasteiger partial charge in [-0.3, -0.25) is 9.69 Å². The minimum atomic E-state index is -1.12. The van der Waals surface area contributed by atoms with Crippen molar-refractivity contribution < 1.29 is 23.5 Å². The van der Waals surface area contributed by atoms with E-state index in [2.05, 4.69) is 5.32 Å². The van der Waals surface area contributed by atoms with Crippen molar-refractivity contribution in [1.82, 2.24) is 10.2 Å². The van der Waals surface area contributed by atoms with Crippen LogP contribution in [0.25, 0.3) is 0 Å². The van der Waals surface area contributed by atoms with Crippen LogP contribution >= 0.6 is 0 Å². The van der Waals surface area contributed by atoms with Gasteiger partial charge in [-0.2, -0.15) is 0 Å². The Kier molecular flexibility index (Phi) is 4.30. The Morgan fingerprint density at radius 1 is 1.36 bits per heavy atom. The lowest BCUT2D eigenvalue weighted by Gasteiger charge is -2.18. The molecule has 0 aromatic carbocycles. The maximum absolute atomic E-state index is 12.2. The van der Waals surface area contributed by atoms with E-state index in [0.717, 1.165) is 4.90 Å².